The van der Waals surface area contributed by atoms with Crippen molar-refractivity contribution in [3.05, 3.63) is 39.2 Å². The standard InChI is InChI=1S/C24H37ClIN3O4/c1-24(2,18-6-9-23(22(26)12-18)32-11-3-10-25)17-4-7-21(8-5-17)33-16-20(31)14-29-19(15-30)13-27-28-29/h6,9,12-13,17,20-21,27-28,30-31H,3-5,7-8,10-11,14-16H2,1-2H3/t17?,20-,21?/m1/s1. The third-order valence-corrected chi connectivity index (χ3v) is 7.88. The van der Waals surface area contributed by atoms with Gasteiger partial charge < -0.3 is 25.1 Å². The third kappa shape index (κ3) is 7.35. The molecule has 0 aromatic heterocycles. The van der Waals surface area contributed by atoms with Crippen molar-refractivity contribution in [1.29, 1.82) is 0 Å². The van der Waals surface area contributed by atoms with E-state index < -0.39 is 6.10 Å². The van der Waals surface area contributed by atoms with Crippen molar-refractivity contribution in [3.8, 4) is 5.75 Å². The van der Waals surface area contributed by atoms with Crippen LogP contribution in [0, 0.1) is 9.49 Å². The number of hydrazine groups is 2. The molecule has 0 bridgehead atoms. The lowest BCUT2D eigenvalue weighted by atomic mass is 9.67. The number of rotatable bonds is 12. The number of aliphatic hydroxyl groups excluding tert-OH is 2. The maximum atomic E-state index is 10.3. The average molecular weight is 594 g/mol. The maximum absolute atomic E-state index is 10.3. The number of ether oxygens (including phenoxy) is 2. The molecule has 1 heterocycles. The van der Waals surface area contributed by atoms with Crippen LogP contribution in [0.25, 0.3) is 0 Å². The molecule has 33 heavy (non-hydrogen) atoms. The first-order valence-electron chi connectivity index (χ1n) is 11.7. The van der Waals surface area contributed by atoms with Crippen molar-refractivity contribution < 1.29 is 19.7 Å². The van der Waals surface area contributed by atoms with Crippen molar-refractivity contribution in [2.24, 2.45) is 5.92 Å². The van der Waals surface area contributed by atoms with E-state index >= 15 is 0 Å². The highest BCUT2D eigenvalue weighted by Gasteiger charge is 2.35. The van der Waals surface area contributed by atoms with Crippen LogP contribution in [0.4, 0.5) is 0 Å². The molecule has 3 rings (SSSR count). The fourth-order valence-electron chi connectivity index (χ4n) is 4.59. The second kappa shape index (κ2) is 12.8. The number of hydrogen-bond donors (Lipinski definition) is 4. The third-order valence-electron chi connectivity index (χ3n) is 6.77. The number of hydrogen-bond acceptors (Lipinski definition) is 7. The zero-order valence-corrected chi connectivity index (χ0v) is 22.4. The zero-order valence-electron chi connectivity index (χ0n) is 19.5. The predicted molar refractivity (Wildman–Crippen MR) is 139 cm³/mol. The molecule has 1 fully saturated rings. The van der Waals surface area contributed by atoms with Crippen molar-refractivity contribution >= 4 is 34.2 Å². The Morgan fingerprint density at radius 2 is 2.03 bits per heavy atom. The first-order chi connectivity index (χ1) is 15.8. The summed E-state index contributed by atoms with van der Waals surface area (Å²) in [6.07, 6.45) is 6.29. The Morgan fingerprint density at radius 3 is 2.70 bits per heavy atom. The largest absolute Gasteiger partial charge is 0.492 e. The van der Waals surface area contributed by atoms with E-state index in [1.54, 1.807) is 11.2 Å². The van der Waals surface area contributed by atoms with Gasteiger partial charge in [-0.3, -0.25) is 5.01 Å². The monoisotopic (exact) mass is 593 g/mol. The first kappa shape index (κ1) is 26.8. The Balaban J connectivity index is 1.45. The number of β-amino-alcohol motifs (C(OH)–C–C–N with tert-alkyl or cyclic N) is 1. The maximum Gasteiger partial charge on any atom is 0.132 e. The number of benzene rings is 1. The van der Waals surface area contributed by atoms with Crippen molar-refractivity contribution in [3.63, 3.8) is 0 Å². The van der Waals surface area contributed by atoms with Gasteiger partial charge in [-0.25, -0.2) is 0 Å². The summed E-state index contributed by atoms with van der Waals surface area (Å²) in [6.45, 7) is 5.88. The first-order valence-corrected chi connectivity index (χ1v) is 13.3. The molecule has 2 aliphatic rings. The molecule has 1 aromatic carbocycles. The second-order valence-corrected chi connectivity index (χ2v) is 10.9. The summed E-state index contributed by atoms with van der Waals surface area (Å²) >= 11 is 8.11. The predicted octanol–water partition coefficient (Wildman–Crippen LogP) is 3.67. The van der Waals surface area contributed by atoms with Gasteiger partial charge in [0, 0.05) is 12.1 Å². The van der Waals surface area contributed by atoms with E-state index in [4.69, 9.17) is 21.1 Å². The van der Waals surface area contributed by atoms with Crippen LogP contribution in [0.15, 0.2) is 30.1 Å². The van der Waals surface area contributed by atoms with Crippen LogP contribution in [0.1, 0.15) is 51.5 Å². The minimum Gasteiger partial charge on any atom is -0.492 e. The molecule has 0 unspecified atom stereocenters. The molecule has 1 atom stereocenters. The lowest BCUT2D eigenvalue weighted by Gasteiger charge is -2.40. The van der Waals surface area contributed by atoms with Crippen molar-refractivity contribution in [1.82, 2.24) is 16.0 Å². The quantitative estimate of drug-likeness (QED) is 0.167. The summed E-state index contributed by atoms with van der Waals surface area (Å²) in [5.74, 6) is 2.12. The summed E-state index contributed by atoms with van der Waals surface area (Å²) in [6, 6.07) is 6.55. The van der Waals surface area contributed by atoms with Gasteiger partial charge in [0.05, 0.1) is 47.8 Å². The molecule has 1 aliphatic heterocycles. The van der Waals surface area contributed by atoms with E-state index in [2.05, 4.69) is 65.6 Å². The molecule has 1 aliphatic carbocycles. The number of nitrogens with one attached hydrogen (secondary N) is 2. The second-order valence-electron chi connectivity index (χ2n) is 9.38. The minimum atomic E-state index is -0.631. The average Bonchev–Trinajstić information content (AvgIpc) is 3.26. The molecule has 0 saturated heterocycles. The summed E-state index contributed by atoms with van der Waals surface area (Å²) in [5.41, 5.74) is 7.82. The molecular weight excluding hydrogens is 557 g/mol. The van der Waals surface area contributed by atoms with E-state index in [-0.39, 0.29) is 18.1 Å². The van der Waals surface area contributed by atoms with Crippen molar-refractivity contribution in [2.75, 3.05) is 32.2 Å². The Bertz CT molecular complexity index is 787. The molecule has 7 nitrogen and oxygen atoms in total. The van der Waals surface area contributed by atoms with Gasteiger partial charge in [-0.1, -0.05) is 19.9 Å². The molecule has 0 spiro atoms. The van der Waals surface area contributed by atoms with Crippen molar-refractivity contribution in [2.45, 2.75) is 63.6 Å². The van der Waals surface area contributed by atoms with Gasteiger partial charge in [0.15, 0.2) is 0 Å². The van der Waals surface area contributed by atoms with Gasteiger partial charge in [-0.05, 0) is 83.7 Å². The van der Waals surface area contributed by atoms with Crippen LogP contribution < -0.4 is 15.7 Å². The Kier molecular flexibility index (Phi) is 10.4. The van der Waals surface area contributed by atoms with Crippen LogP contribution in [0.5, 0.6) is 5.75 Å². The van der Waals surface area contributed by atoms with Gasteiger partial charge in [-0.15, -0.1) is 17.1 Å². The summed E-state index contributed by atoms with van der Waals surface area (Å²) in [5, 5.41) is 21.4. The molecule has 0 radical (unpaired) electrons. The zero-order chi connectivity index (χ0) is 23.8. The number of halogens is 2. The molecule has 1 saturated carbocycles. The molecule has 9 heteroatoms. The van der Waals surface area contributed by atoms with E-state index in [1.165, 1.54) is 5.56 Å². The minimum absolute atomic E-state index is 0.0700. The van der Waals surface area contributed by atoms with E-state index in [0.29, 0.717) is 37.3 Å². The van der Waals surface area contributed by atoms with Crippen LogP contribution in [0.3, 0.4) is 0 Å². The smallest absolute Gasteiger partial charge is 0.132 e. The highest BCUT2D eigenvalue weighted by atomic mass is 127. The normalized spacial score (nSPS) is 22.1. The van der Waals surface area contributed by atoms with Crippen LogP contribution >= 0.6 is 34.2 Å². The summed E-state index contributed by atoms with van der Waals surface area (Å²) in [7, 11) is 0. The fraction of sp³-hybridized carbons (Fsp3) is 0.667. The Labute approximate surface area is 215 Å². The van der Waals surface area contributed by atoms with E-state index in [9.17, 15) is 10.2 Å². The number of alkyl halides is 1. The van der Waals surface area contributed by atoms with Gasteiger partial charge in [0.25, 0.3) is 0 Å². The molecule has 186 valence electrons. The van der Waals surface area contributed by atoms with Gasteiger partial charge in [-0.2, -0.15) is 0 Å². The summed E-state index contributed by atoms with van der Waals surface area (Å²) in [4.78, 5) is 0. The molecule has 0 amide bonds. The Morgan fingerprint density at radius 1 is 1.27 bits per heavy atom. The van der Waals surface area contributed by atoms with E-state index in [0.717, 1.165) is 41.4 Å². The van der Waals surface area contributed by atoms with Crippen LogP contribution in [-0.2, 0) is 10.2 Å². The SMILES string of the molecule is CC(C)(c1ccc(OCCCCl)c(I)c1)C1CCC(OC[C@H](O)CN2NNC=C2CO)CC1. The molecule has 4 N–H and O–H groups in total. The van der Waals surface area contributed by atoms with Crippen LogP contribution in [0.2, 0.25) is 0 Å². The molecule has 1 aromatic rings. The Hall–Kier alpha value is -0.780. The lowest BCUT2D eigenvalue weighted by molar-refractivity contribution is -0.0431. The fourth-order valence-corrected chi connectivity index (χ4v) is 5.37. The topological polar surface area (TPSA) is 86.2 Å². The number of aliphatic hydroxyl groups is 2. The highest BCUT2D eigenvalue weighted by molar-refractivity contribution is 14.1. The van der Waals surface area contributed by atoms with E-state index in [1.807, 2.05) is 0 Å². The summed E-state index contributed by atoms with van der Waals surface area (Å²) < 4.78 is 13.0. The van der Waals surface area contributed by atoms with Gasteiger partial charge in [0.2, 0.25) is 0 Å². The van der Waals surface area contributed by atoms with Gasteiger partial charge in [0.1, 0.15) is 5.75 Å². The molecular formula is C24H37ClIN3O4. The lowest BCUT2D eigenvalue weighted by Crippen LogP contribution is -2.44. The van der Waals surface area contributed by atoms with Crippen LogP contribution in [-0.4, -0.2) is 59.7 Å². The highest BCUT2D eigenvalue weighted by Crippen LogP contribution is 2.42. The number of nitrogens with zero attached hydrogens (tertiary/aromatic N) is 1. The van der Waals surface area contributed by atoms with Gasteiger partial charge >= 0.3 is 0 Å².